The Kier molecular flexibility index (Phi) is 42.2. The number of rotatable bonds is 43. The molecule has 8 nitrogen and oxygen atoms in total. The van der Waals surface area contributed by atoms with Crippen molar-refractivity contribution in [1.29, 1.82) is 0 Å². The lowest BCUT2D eigenvalue weighted by Crippen LogP contribution is -2.55. The fourth-order valence-corrected chi connectivity index (χ4v) is 6.66. The minimum absolute atomic E-state index is 0.0156. The molecule has 0 aliphatic rings. The number of ether oxygens (including phenoxy) is 3. The summed E-state index contributed by atoms with van der Waals surface area (Å²) < 4.78 is 17.2. The van der Waals surface area contributed by atoms with Gasteiger partial charge in [0.1, 0.15) is 12.6 Å². The molecule has 0 aromatic carbocycles. The molecule has 0 N–H and O–H groups in total. The summed E-state index contributed by atoms with van der Waals surface area (Å²) in [6.45, 7) is 4.45. The lowest BCUT2D eigenvalue weighted by atomic mass is 10.1. The van der Waals surface area contributed by atoms with Crippen LogP contribution in [0.3, 0.4) is 0 Å². The van der Waals surface area contributed by atoms with Crippen molar-refractivity contribution in [2.75, 3.05) is 41.0 Å². The minimum atomic E-state index is -1.14. The van der Waals surface area contributed by atoms with E-state index in [0.717, 1.165) is 70.6 Å². The molecule has 2 atom stereocenters. The van der Waals surface area contributed by atoms with Gasteiger partial charge in [-0.05, 0) is 83.5 Å². The van der Waals surface area contributed by atoms with Crippen LogP contribution in [0.1, 0.15) is 181 Å². The molecule has 8 heteroatoms. The van der Waals surface area contributed by atoms with E-state index in [1.165, 1.54) is 70.6 Å². The molecule has 0 aromatic heterocycles. The van der Waals surface area contributed by atoms with Crippen LogP contribution in [-0.4, -0.2) is 75.5 Å². The normalized spacial score (nSPS) is 13.7. The Balaban J connectivity index is 4.39. The van der Waals surface area contributed by atoms with Gasteiger partial charge in [0.05, 0.1) is 40.3 Å². The maximum absolute atomic E-state index is 12.8. The monoisotopic (exact) mass is 878 g/mol. The number of carboxylic acids is 1. The molecule has 0 rings (SSSR count). The fourth-order valence-electron chi connectivity index (χ4n) is 6.66. The third-order valence-electron chi connectivity index (χ3n) is 10.5. The number of likely N-dealkylation sites (N-methyl/N-ethyl adjacent to an activating group) is 1. The second-order valence-electron chi connectivity index (χ2n) is 17.3. The minimum Gasteiger partial charge on any atom is -0.544 e. The van der Waals surface area contributed by atoms with Gasteiger partial charge in [-0.2, -0.15) is 0 Å². The highest BCUT2D eigenvalue weighted by atomic mass is 16.6. The van der Waals surface area contributed by atoms with E-state index in [1.54, 1.807) is 21.1 Å². The average molecular weight is 878 g/mol. The van der Waals surface area contributed by atoms with Crippen LogP contribution in [0.4, 0.5) is 0 Å². The predicted molar refractivity (Wildman–Crippen MR) is 263 cm³/mol. The fraction of sp³-hybridized carbons (Fsp3) is 0.655. The molecular formula is C55H91NO7. The molecule has 0 heterocycles. The zero-order valence-corrected chi connectivity index (χ0v) is 40.7. The van der Waals surface area contributed by atoms with Gasteiger partial charge in [0.2, 0.25) is 0 Å². The van der Waals surface area contributed by atoms with Gasteiger partial charge in [-0.3, -0.25) is 9.59 Å². The first-order chi connectivity index (χ1) is 30.6. The van der Waals surface area contributed by atoms with E-state index in [0.29, 0.717) is 12.8 Å². The number of hydrogen-bond acceptors (Lipinski definition) is 7. The second kappa shape index (κ2) is 44.8. The van der Waals surface area contributed by atoms with E-state index >= 15 is 0 Å². The molecule has 358 valence electrons. The van der Waals surface area contributed by atoms with Gasteiger partial charge in [-0.25, -0.2) is 0 Å². The van der Waals surface area contributed by atoms with Crippen molar-refractivity contribution in [2.24, 2.45) is 0 Å². The maximum Gasteiger partial charge on any atom is 0.306 e. The number of hydrogen-bond donors (Lipinski definition) is 0. The van der Waals surface area contributed by atoms with Crippen LogP contribution in [0.5, 0.6) is 0 Å². The van der Waals surface area contributed by atoms with Crippen LogP contribution < -0.4 is 5.11 Å². The highest BCUT2D eigenvalue weighted by molar-refractivity contribution is 5.70. The molecule has 0 aromatic rings. The molecule has 63 heavy (non-hydrogen) atoms. The summed E-state index contributed by atoms with van der Waals surface area (Å²) in [5.41, 5.74) is 0. The Morgan fingerprint density at radius 1 is 0.508 bits per heavy atom. The number of carbonyl (C=O) groups is 3. The number of aliphatic carboxylic acids is 1. The zero-order chi connectivity index (χ0) is 46.3. The predicted octanol–water partition coefficient (Wildman–Crippen LogP) is 12.9. The Labute approximate surface area is 386 Å². The molecular weight excluding hydrogens is 787 g/mol. The first-order valence-electron chi connectivity index (χ1n) is 24.8. The number of carboxylic acid groups (broad SMARTS) is 1. The van der Waals surface area contributed by atoms with Gasteiger partial charge in [0.15, 0.2) is 6.10 Å². The molecule has 0 saturated carbocycles. The van der Waals surface area contributed by atoms with Crippen LogP contribution >= 0.6 is 0 Å². The second-order valence-corrected chi connectivity index (χ2v) is 17.3. The Morgan fingerprint density at radius 3 is 1.44 bits per heavy atom. The van der Waals surface area contributed by atoms with Crippen molar-refractivity contribution in [2.45, 2.75) is 193 Å². The van der Waals surface area contributed by atoms with Crippen molar-refractivity contribution < 1.29 is 38.2 Å². The molecule has 0 saturated heterocycles. The Bertz CT molecular complexity index is 1350. The van der Waals surface area contributed by atoms with Crippen molar-refractivity contribution in [3.8, 4) is 0 Å². The third kappa shape index (κ3) is 43.3. The molecule has 0 fully saturated rings. The van der Waals surface area contributed by atoms with Gasteiger partial charge in [-0.1, -0.05) is 175 Å². The molecule has 0 bridgehead atoms. The van der Waals surface area contributed by atoms with Crippen LogP contribution in [0.2, 0.25) is 0 Å². The summed E-state index contributed by atoms with van der Waals surface area (Å²) in [4.78, 5) is 37.0. The standard InChI is InChI=1S/C55H91NO7/c1-6-8-10-12-14-16-18-20-22-24-26-28-29-31-33-35-37-39-41-43-45-53(57)62-50-51(49-61-48-47-52(55(59)60)56(3,4)5)63-54(58)46-44-42-40-38-36-34-32-30-27-25-23-21-19-17-15-13-11-9-7-2/h8,10,14-17,19-22,26,28,31,33,37,39,51-52H,6-7,9,11-13,18,23-25,27,29-30,32,34-36,38,40-50H2,1-5H3/b10-8+,16-14+,17-15+,21-19+,22-20+,28-26+,33-31+,39-37+. The largest absolute Gasteiger partial charge is 0.544 e. The van der Waals surface area contributed by atoms with Crippen LogP contribution in [0, 0.1) is 0 Å². The number of carbonyl (C=O) groups excluding carboxylic acids is 3. The number of unbranched alkanes of at least 4 members (excludes halogenated alkanes) is 14. The van der Waals surface area contributed by atoms with Crippen molar-refractivity contribution in [1.82, 2.24) is 0 Å². The van der Waals surface area contributed by atoms with Gasteiger partial charge in [0, 0.05) is 19.3 Å². The van der Waals surface area contributed by atoms with Crippen molar-refractivity contribution >= 4 is 17.9 Å². The summed E-state index contributed by atoms with van der Waals surface area (Å²) in [6.07, 6.45) is 60.1. The Morgan fingerprint density at radius 2 is 0.952 bits per heavy atom. The molecule has 0 aliphatic heterocycles. The summed E-state index contributed by atoms with van der Waals surface area (Å²) >= 11 is 0. The molecule has 0 amide bonds. The van der Waals surface area contributed by atoms with E-state index in [9.17, 15) is 19.5 Å². The topological polar surface area (TPSA) is 102 Å². The molecule has 0 aliphatic carbocycles. The smallest absolute Gasteiger partial charge is 0.306 e. The van der Waals surface area contributed by atoms with Crippen LogP contribution in [0.25, 0.3) is 0 Å². The van der Waals surface area contributed by atoms with E-state index < -0.39 is 18.1 Å². The lowest BCUT2D eigenvalue weighted by molar-refractivity contribution is -0.889. The first-order valence-corrected chi connectivity index (χ1v) is 24.8. The van der Waals surface area contributed by atoms with Crippen molar-refractivity contribution in [3.63, 3.8) is 0 Å². The zero-order valence-electron chi connectivity index (χ0n) is 40.7. The quantitative estimate of drug-likeness (QED) is 0.0198. The van der Waals surface area contributed by atoms with E-state index in [2.05, 4.69) is 111 Å². The number of quaternary nitrogens is 1. The first kappa shape index (κ1) is 59.2. The number of allylic oxidation sites excluding steroid dienone is 16. The van der Waals surface area contributed by atoms with Gasteiger partial charge in [0.25, 0.3) is 0 Å². The summed E-state index contributed by atoms with van der Waals surface area (Å²) in [6, 6.07) is -0.741. The molecule has 0 spiro atoms. The highest BCUT2D eigenvalue weighted by Gasteiger charge is 2.25. The maximum atomic E-state index is 12.8. The highest BCUT2D eigenvalue weighted by Crippen LogP contribution is 2.14. The van der Waals surface area contributed by atoms with Gasteiger partial charge < -0.3 is 28.6 Å². The average Bonchev–Trinajstić information content (AvgIpc) is 3.24. The van der Waals surface area contributed by atoms with Crippen LogP contribution in [0.15, 0.2) is 97.2 Å². The molecule has 2 unspecified atom stereocenters. The van der Waals surface area contributed by atoms with E-state index in [4.69, 9.17) is 14.2 Å². The number of esters is 2. The van der Waals surface area contributed by atoms with Crippen LogP contribution in [-0.2, 0) is 28.6 Å². The number of nitrogens with zero attached hydrogens (tertiary/aromatic N) is 1. The Hall–Kier alpha value is -3.75. The third-order valence-corrected chi connectivity index (χ3v) is 10.5. The van der Waals surface area contributed by atoms with Crippen molar-refractivity contribution in [3.05, 3.63) is 97.2 Å². The molecule has 0 radical (unpaired) electrons. The van der Waals surface area contributed by atoms with E-state index in [-0.39, 0.29) is 49.1 Å². The van der Waals surface area contributed by atoms with E-state index in [1.807, 2.05) is 0 Å². The summed E-state index contributed by atoms with van der Waals surface area (Å²) in [7, 11) is 5.39. The SMILES string of the molecule is CC/C=C/C/C=C/C/C=C/C/C=C/C/C=C/C/C=C/CCCC(=O)OCC(COCCC(C(=O)[O-])[N+](C)(C)C)OC(=O)CCCCCCCCCCCC/C=C/C=C/CCCCC. The van der Waals surface area contributed by atoms with Gasteiger partial charge >= 0.3 is 11.9 Å². The summed E-state index contributed by atoms with van der Waals surface area (Å²) in [5.74, 6) is -1.82. The summed E-state index contributed by atoms with van der Waals surface area (Å²) in [5, 5.41) is 11.7. The van der Waals surface area contributed by atoms with Gasteiger partial charge in [-0.15, -0.1) is 0 Å². The lowest BCUT2D eigenvalue weighted by Gasteiger charge is -2.34.